The van der Waals surface area contributed by atoms with Crippen molar-refractivity contribution < 1.29 is 4.74 Å². The van der Waals surface area contributed by atoms with Crippen LogP contribution in [0, 0.1) is 0 Å². The van der Waals surface area contributed by atoms with Crippen LogP contribution in [-0.2, 0) is 11.5 Å². The molecule has 0 radical (unpaired) electrons. The fourth-order valence-corrected chi connectivity index (χ4v) is 2.96. The van der Waals surface area contributed by atoms with E-state index in [0.717, 1.165) is 26.7 Å². The van der Waals surface area contributed by atoms with E-state index in [0.29, 0.717) is 6.73 Å². The number of pyridine rings is 1. The maximum Gasteiger partial charge on any atom is 0.140 e. The maximum absolute atomic E-state index is 5.71. The molecule has 7 heteroatoms. The molecular formula is C12H17Br2N3OSi. The zero-order chi connectivity index (χ0) is 14.0. The van der Waals surface area contributed by atoms with Crippen molar-refractivity contribution >= 4 is 51.0 Å². The van der Waals surface area contributed by atoms with Crippen molar-refractivity contribution in [3.63, 3.8) is 0 Å². The average Bonchev–Trinajstić information content (AvgIpc) is 2.67. The summed E-state index contributed by atoms with van der Waals surface area (Å²) in [5.74, 6) is 0. The average molecular weight is 407 g/mol. The van der Waals surface area contributed by atoms with Crippen LogP contribution in [0.3, 0.4) is 0 Å². The van der Waals surface area contributed by atoms with Crippen molar-refractivity contribution in [3.8, 4) is 0 Å². The topological polar surface area (TPSA) is 39.9 Å². The molecule has 104 valence electrons. The van der Waals surface area contributed by atoms with Gasteiger partial charge in [-0.25, -0.2) is 9.67 Å². The Morgan fingerprint density at radius 3 is 2.74 bits per heavy atom. The highest BCUT2D eigenvalue weighted by Crippen LogP contribution is 2.25. The predicted octanol–water partition coefficient (Wildman–Crippen LogP) is 4.27. The standard InChI is InChI=1S/C12H17Br2N3OSi/c1-19(2,3)5-4-18-8-17-11-6-9(13)12(14)16-10(11)7-15-17/h6-7H,4-5,8H2,1-3H3. The first-order chi connectivity index (χ1) is 8.87. The lowest BCUT2D eigenvalue weighted by atomic mass is 10.4. The van der Waals surface area contributed by atoms with Crippen molar-refractivity contribution in [2.75, 3.05) is 6.61 Å². The minimum atomic E-state index is -1.03. The van der Waals surface area contributed by atoms with E-state index < -0.39 is 8.07 Å². The third-order valence-corrected chi connectivity index (χ3v) is 6.19. The van der Waals surface area contributed by atoms with Gasteiger partial charge in [0.15, 0.2) is 0 Å². The zero-order valence-electron chi connectivity index (χ0n) is 11.3. The van der Waals surface area contributed by atoms with E-state index in [4.69, 9.17) is 4.74 Å². The normalized spacial score (nSPS) is 12.3. The molecule has 0 aromatic carbocycles. The van der Waals surface area contributed by atoms with Crippen molar-refractivity contribution in [1.29, 1.82) is 0 Å². The first kappa shape index (κ1) is 15.2. The van der Waals surface area contributed by atoms with Crippen molar-refractivity contribution in [2.45, 2.75) is 32.4 Å². The molecule has 0 aliphatic rings. The Balaban J connectivity index is 2.03. The van der Waals surface area contributed by atoms with Gasteiger partial charge in [0.05, 0.1) is 16.2 Å². The number of aromatic nitrogens is 3. The van der Waals surface area contributed by atoms with Crippen molar-refractivity contribution in [2.24, 2.45) is 0 Å². The van der Waals surface area contributed by atoms with Gasteiger partial charge < -0.3 is 4.74 Å². The second-order valence-electron chi connectivity index (χ2n) is 5.66. The first-order valence-electron chi connectivity index (χ1n) is 6.12. The van der Waals surface area contributed by atoms with E-state index >= 15 is 0 Å². The van der Waals surface area contributed by atoms with Crippen molar-refractivity contribution in [1.82, 2.24) is 14.8 Å². The summed E-state index contributed by atoms with van der Waals surface area (Å²) < 4.78 is 9.26. The van der Waals surface area contributed by atoms with E-state index in [1.54, 1.807) is 6.20 Å². The maximum atomic E-state index is 5.71. The number of nitrogens with zero attached hydrogens (tertiary/aromatic N) is 3. The highest BCUT2D eigenvalue weighted by molar-refractivity contribution is 9.13. The van der Waals surface area contributed by atoms with Crippen LogP contribution in [0.1, 0.15) is 0 Å². The molecule has 2 aromatic rings. The molecule has 2 heterocycles. The second kappa shape index (κ2) is 6.03. The summed E-state index contributed by atoms with van der Waals surface area (Å²) in [7, 11) is -1.03. The van der Waals surface area contributed by atoms with Crippen LogP contribution in [0.4, 0.5) is 0 Å². The van der Waals surface area contributed by atoms with Gasteiger partial charge in [0.25, 0.3) is 0 Å². The summed E-state index contributed by atoms with van der Waals surface area (Å²) in [5.41, 5.74) is 1.84. The van der Waals surface area contributed by atoms with Crippen LogP contribution in [0.15, 0.2) is 21.3 Å². The number of rotatable bonds is 5. The fourth-order valence-electron chi connectivity index (χ4n) is 1.59. The van der Waals surface area contributed by atoms with Gasteiger partial charge in [-0.3, -0.25) is 0 Å². The van der Waals surface area contributed by atoms with Crippen LogP contribution in [0.25, 0.3) is 11.0 Å². The Labute approximate surface area is 130 Å². The van der Waals surface area contributed by atoms with Crippen LogP contribution in [-0.4, -0.2) is 29.4 Å². The molecule has 0 spiro atoms. The van der Waals surface area contributed by atoms with Crippen LogP contribution in [0.5, 0.6) is 0 Å². The number of hydrogen-bond donors (Lipinski definition) is 0. The number of halogens is 2. The second-order valence-corrected chi connectivity index (χ2v) is 12.9. The van der Waals surface area contributed by atoms with Crippen LogP contribution >= 0.6 is 31.9 Å². The predicted molar refractivity (Wildman–Crippen MR) is 87.0 cm³/mol. The summed E-state index contributed by atoms with van der Waals surface area (Å²) in [4.78, 5) is 4.40. The Morgan fingerprint density at radius 2 is 2.05 bits per heavy atom. The molecule has 0 saturated heterocycles. The fraction of sp³-hybridized carbons (Fsp3) is 0.500. The van der Waals surface area contributed by atoms with E-state index in [1.165, 1.54) is 6.04 Å². The zero-order valence-corrected chi connectivity index (χ0v) is 15.5. The van der Waals surface area contributed by atoms with Gasteiger partial charge in [-0.1, -0.05) is 19.6 Å². The Bertz CT molecular complexity index is 580. The lowest BCUT2D eigenvalue weighted by molar-refractivity contribution is 0.0817. The summed E-state index contributed by atoms with van der Waals surface area (Å²) in [6.45, 7) is 8.31. The molecule has 0 bridgehead atoms. The molecule has 0 saturated carbocycles. The molecular weight excluding hydrogens is 390 g/mol. The van der Waals surface area contributed by atoms with E-state index in [-0.39, 0.29) is 0 Å². The Kier molecular flexibility index (Phi) is 4.81. The molecule has 19 heavy (non-hydrogen) atoms. The van der Waals surface area contributed by atoms with Gasteiger partial charge in [0.1, 0.15) is 16.9 Å². The molecule has 0 N–H and O–H groups in total. The number of fused-ring (bicyclic) bond motifs is 1. The summed E-state index contributed by atoms with van der Waals surface area (Å²) >= 11 is 6.85. The number of hydrogen-bond acceptors (Lipinski definition) is 3. The van der Waals surface area contributed by atoms with E-state index in [1.807, 2.05) is 10.7 Å². The first-order valence-corrected chi connectivity index (χ1v) is 11.4. The minimum Gasteiger partial charge on any atom is -0.360 e. The lowest BCUT2D eigenvalue weighted by Gasteiger charge is -2.15. The van der Waals surface area contributed by atoms with Gasteiger partial charge in [0.2, 0.25) is 0 Å². The van der Waals surface area contributed by atoms with Crippen molar-refractivity contribution in [3.05, 3.63) is 21.3 Å². The third kappa shape index (κ3) is 4.11. The Hall–Kier alpha value is -0.243. The molecule has 4 nitrogen and oxygen atoms in total. The SMILES string of the molecule is C[Si](C)(C)CCOCn1ncc2nc(Br)c(Br)cc21. The summed E-state index contributed by atoms with van der Waals surface area (Å²) in [6, 6.07) is 3.17. The number of ether oxygens (including phenoxy) is 1. The monoisotopic (exact) mass is 405 g/mol. The highest BCUT2D eigenvalue weighted by Gasteiger charge is 2.12. The van der Waals surface area contributed by atoms with Gasteiger partial charge in [-0.2, -0.15) is 5.10 Å². The molecule has 0 atom stereocenters. The molecule has 0 unspecified atom stereocenters. The third-order valence-electron chi connectivity index (χ3n) is 2.75. The molecule has 2 rings (SSSR count). The lowest BCUT2D eigenvalue weighted by Crippen LogP contribution is -2.22. The van der Waals surface area contributed by atoms with Gasteiger partial charge in [-0.05, 0) is 44.0 Å². The molecule has 0 aliphatic heterocycles. The molecule has 2 aromatic heterocycles. The summed E-state index contributed by atoms with van der Waals surface area (Å²) in [5, 5.41) is 4.31. The molecule has 0 fully saturated rings. The van der Waals surface area contributed by atoms with Crippen LogP contribution < -0.4 is 0 Å². The molecule has 0 amide bonds. The highest BCUT2D eigenvalue weighted by atomic mass is 79.9. The summed E-state index contributed by atoms with van der Waals surface area (Å²) in [6.07, 6.45) is 1.76. The minimum absolute atomic E-state index is 0.476. The Morgan fingerprint density at radius 1 is 1.32 bits per heavy atom. The largest absolute Gasteiger partial charge is 0.360 e. The van der Waals surface area contributed by atoms with Crippen LogP contribution in [0.2, 0.25) is 25.7 Å². The molecule has 0 aliphatic carbocycles. The van der Waals surface area contributed by atoms with E-state index in [9.17, 15) is 0 Å². The smallest absolute Gasteiger partial charge is 0.140 e. The quantitative estimate of drug-likeness (QED) is 0.422. The van der Waals surface area contributed by atoms with E-state index in [2.05, 4.69) is 61.6 Å². The van der Waals surface area contributed by atoms with Gasteiger partial charge >= 0.3 is 0 Å². The van der Waals surface area contributed by atoms with Gasteiger partial charge in [-0.15, -0.1) is 0 Å². The van der Waals surface area contributed by atoms with Gasteiger partial charge in [0, 0.05) is 14.7 Å².